The van der Waals surface area contributed by atoms with Crippen LogP contribution in [0.1, 0.15) is 15.5 Å². The van der Waals surface area contributed by atoms with Gasteiger partial charge in [-0.25, -0.2) is 9.78 Å². The molecule has 1 atom stereocenters. The average molecular weight is 321 g/mol. The molecule has 0 bridgehead atoms. The Morgan fingerprint density at radius 2 is 2.36 bits per heavy atom. The predicted octanol–water partition coefficient (Wildman–Crippen LogP) is 1.37. The maximum atomic E-state index is 12.5. The highest BCUT2D eigenvalue weighted by molar-refractivity contribution is 7.09. The van der Waals surface area contributed by atoms with E-state index >= 15 is 0 Å². The molecule has 2 N–H and O–H groups in total. The summed E-state index contributed by atoms with van der Waals surface area (Å²) in [5, 5.41) is 12.1. The number of aromatic nitrogens is 2. The van der Waals surface area contributed by atoms with Gasteiger partial charge in [-0.3, -0.25) is 4.79 Å². The summed E-state index contributed by atoms with van der Waals surface area (Å²) in [7, 11) is 0. The van der Waals surface area contributed by atoms with Gasteiger partial charge in [0.05, 0.1) is 23.9 Å². The number of rotatable bonds is 3. The molecule has 1 aliphatic rings. The third-order valence-corrected chi connectivity index (χ3v) is 4.28. The van der Waals surface area contributed by atoms with Crippen molar-refractivity contribution in [1.82, 2.24) is 14.9 Å². The number of nitrogens with one attached hydrogen (secondary N) is 1. The van der Waals surface area contributed by atoms with Crippen LogP contribution in [0.25, 0.3) is 11.3 Å². The summed E-state index contributed by atoms with van der Waals surface area (Å²) in [6, 6.07) is 0.750. The SMILES string of the molecule is Cc1nc(-c2c[nH]c(C(=O)N3CCOCC3C(=O)O)c2)cs1. The zero-order valence-corrected chi connectivity index (χ0v) is 12.7. The quantitative estimate of drug-likeness (QED) is 0.890. The lowest BCUT2D eigenvalue weighted by molar-refractivity contribution is -0.147. The van der Waals surface area contributed by atoms with Crippen LogP contribution in [0.4, 0.5) is 0 Å². The molecular formula is C14H15N3O4S. The number of carboxylic acid groups (broad SMARTS) is 1. The van der Waals surface area contributed by atoms with Crippen LogP contribution in [0, 0.1) is 6.92 Å². The summed E-state index contributed by atoms with van der Waals surface area (Å²) in [6.07, 6.45) is 1.71. The molecule has 3 rings (SSSR count). The Morgan fingerprint density at radius 3 is 3.05 bits per heavy atom. The first-order valence-corrected chi connectivity index (χ1v) is 7.66. The summed E-state index contributed by atoms with van der Waals surface area (Å²) in [5.74, 6) is -1.40. The van der Waals surface area contributed by atoms with Gasteiger partial charge in [-0.2, -0.15) is 0 Å². The Bertz CT molecular complexity index is 709. The molecule has 22 heavy (non-hydrogen) atoms. The van der Waals surface area contributed by atoms with E-state index in [0.717, 1.165) is 16.3 Å². The van der Waals surface area contributed by atoms with Crippen LogP contribution in [0.2, 0.25) is 0 Å². The minimum Gasteiger partial charge on any atom is -0.480 e. The minimum atomic E-state index is -1.06. The number of nitrogens with zero attached hydrogens (tertiary/aromatic N) is 2. The fraction of sp³-hybridized carbons (Fsp3) is 0.357. The molecule has 8 heteroatoms. The van der Waals surface area contributed by atoms with Crippen LogP contribution < -0.4 is 0 Å². The number of aliphatic carboxylic acids is 1. The molecule has 3 heterocycles. The van der Waals surface area contributed by atoms with Crippen molar-refractivity contribution in [3.05, 3.63) is 28.3 Å². The first-order chi connectivity index (χ1) is 10.6. The summed E-state index contributed by atoms with van der Waals surface area (Å²) < 4.78 is 5.14. The van der Waals surface area contributed by atoms with Crippen LogP contribution in [-0.2, 0) is 9.53 Å². The number of morpholine rings is 1. The number of carbonyl (C=O) groups excluding carboxylic acids is 1. The van der Waals surface area contributed by atoms with Crippen molar-refractivity contribution in [1.29, 1.82) is 0 Å². The molecule has 0 aromatic carbocycles. The Labute approximate surface area is 130 Å². The summed E-state index contributed by atoms with van der Waals surface area (Å²) in [6.45, 7) is 2.53. The zero-order chi connectivity index (χ0) is 15.7. The van der Waals surface area contributed by atoms with E-state index < -0.39 is 12.0 Å². The van der Waals surface area contributed by atoms with Crippen molar-refractivity contribution < 1.29 is 19.4 Å². The average Bonchev–Trinajstić information content (AvgIpc) is 3.15. The summed E-state index contributed by atoms with van der Waals surface area (Å²) in [5.41, 5.74) is 1.97. The number of ether oxygens (including phenoxy) is 1. The first-order valence-electron chi connectivity index (χ1n) is 6.78. The molecule has 7 nitrogen and oxygen atoms in total. The third kappa shape index (κ3) is 2.75. The molecule has 0 spiro atoms. The van der Waals surface area contributed by atoms with Crippen molar-refractivity contribution in [2.24, 2.45) is 0 Å². The number of H-pyrrole nitrogens is 1. The van der Waals surface area contributed by atoms with E-state index in [2.05, 4.69) is 9.97 Å². The monoisotopic (exact) mass is 321 g/mol. The first kappa shape index (κ1) is 14.7. The number of thiazole rings is 1. The largest absolute Gasteiger partial charge is 0.480 e. The van der Waals surface area contributed by atoms with Gasteiger partial charge in [0.1, 0.15) is 5.69 Å². The second-order valence-corrected chi connectivity index (χ2v) is 6.04. The number of aryl methyl sites for hydroxylation is 1. The van der Waals surface area contributed by atoms with Crippen LogP contribution >= 0.6 is 11.3 Å². The second kappa shape index (κ2) is 5.90. The molecule has 2 aromatic heterocycles. The van der Waals surface area contributed by atoms with Crippen LogP contribution in [0.5, 0.6) is 0 Å². The highest BCUT2D eigenvalue weighted by Gasteiger charge is 2.33. The lowest BCUT2D eigenvalue weighted by Crippen LogP contribution is -2.52. The fourth-order valence-corrected chi connectivity index (χ4v) is 2.99. The number of hydrogen-bond acceptors (Lipinski definition) is 5. The van der Waals surface area contributed by atoms with Crippen molar-refractivity contribution >= 4 is 23.2 Å². The van der Waals surface area contributed by atoms with Crippen molar-refractivity contribution in [2.75, 3.05) is 19.8 Å². The Kier molecular flexibility index (Phi) is 3.95. The van der Waals surface area contributed by atoms with Gasteiger partial charge in [0.15, 0.2) is 6.04 Å². The molecule has 0 saturated carbocycles. The molecular weight excluding hydrogens is 306 g/mol. The fourth-order valence-electron chi connectivity index (χ4n) is 2.37. The molecule has 0 radical (unpaired) electrons. The Hall–Kier alpha value is -2.19. The van der Waals surface area contributed by atoms with E-state index in [4.69, 9.17) is 4.74 Å². The summed E-state index contributed by atoms with van der Waals surface area (Å²) in [4.78, 5) is 32.4. The topological polar surface area (TPSA) is 95.5 Å². The number of aromatic amines is 1. The van der Waals surface area contributed by atoms with Crippen molar-refractivity contribution in [3.8, 4) is 11.3 Å². The van der Waals surface area contributed by atoms with E-state index in [1.54, 1.807) is 12.3 Å². The molecule has 1 saturated heterocycles. The summed E-state index contributed by atoms with van der Waals surface area (Å²) >= 11 is 1.53. The molecule has 116 valence electrons. The lowest BCUT2D eigenvalue weighted by Gasteiger charge is -2.32. The molecule has 0 aliphatic carbocycles. The van der Waals surface area contributed by atoms with E-state index in [1.807, 2.05) is 12.3 Å². The van der Waals surface area contributed by atoms with Gasteiger partial charge in [-0.1, -0.05) is 0 Å². The number of amides is 1. The van der Waals surface area contributed by atoms with Crippen LogP contribution in [-0.4, -0.2) is 57.7 Å². The standard InChI is InChI=1S/C14H15N3O4S/c1-8-16-11(7-22-8)9-4-10(15-5-9)13(18)17-2-3-21-6-12(17)14(19)20/h4-5,7,12,15H,2-3,6H2,1H3,(H,19,20). The Balaban J connectivity index is 1.83. The van der Waals surface area contributed by atoms with Gasteiger partial charge in [-0.05, 0) is 13.0 Å². The van der Waals surface area contributed by atoms with Gasteiger partial charge in [-0.15, -0.1) is 11.3 Å². The Morgan fingerprint density at radius 1 is 1.55 bits per heavy atom. The normalized spacial score (nSPS) is 18.4. The number of carbonyl (C=O) groups is 2. The maximum absolute atomic E-state index is 12.5. The molecule has 1 unspecified atom stereocenters. The van der Waals surface area contributed by atoms with Crippen molar-refractivity contribution in [3.63, 3.8) is 0 Å². The predicted molar refractivity (Wildman–Crippen MR) is 79.9 cm³/mol. The third-order valence-electron chi connectivity index (χ3n) is 3.50. The molecule has 1 fully saturated rings. The second-order valence-electron chi connectivity index (χ2n) is 4.98. The zero-order valence-electron chi connectivity index (χ0n) is 11.9. The van der Waals surface area contributed by atoms with Crippen LogP contribution in [0.3, 0.4) is 0 Å². The van der Waals surface area contributed by atoms with E-state index in [1.165, 1.54) is 16.2 Å². The molecule has 2 aromatic rings. The molecule has 1 amide bonds. The van der Waals surface area contributed by atoms with Gasteiger partial charge in [0.2, 0.25) is 0 Å². The highest BCUT2D eigenvalue weighted by Crippen LogP contribution is 2.23. The molecule has 1 aliphatic heterocycles. The van der Waals surface area contributed by atoms with Crippen molar-refractivity contribution in [2.45, 2.75) is 13.0 Å². The maximum Gasteiger partial charge on any atom is 0.328 e. The van der Waals surface area contributed by atoms with Gasteiger partial charge in [0, 0.05) is 23.7 Å². The van der Waals surface area contributed by atoms with Crippen LogP contribution in [0.15, 0.2) is 17.6 Å². The highest BCUT2D eigenvalue weighted by atomic mass is 32.1. The van der Waals surface area contributed by atoms with E-state index in [0.29, 0.717) is 12.3 Å². The van der Waals surface area contributed by atoms with E-state index in [-0.39, 0.29) is 19.1 Å². The van der Waals surface area contributed by atoms with Gasteiger partial charge >= 0.3 is 5.97 Å². The smallest absolute Gasteiger partial charge is 0.328 e. The lowest BCUT2D eigenvalue weighted by atomic mass is 10.2. The van der Waals surface area contributed by atoms with Gasteiger partial charge < -0.3 is 19.7 Å². The van der Waals surface area contributed by atoms with E-state index in [9.17, 15) is 14.7 Å². The number of hydrogen-bond donors (Lipinski definition) is 2. The van der Waals surface area contributed by atoms with Gasteiger partial charge in [0.25, 0.3) is 5.91 Å². The minimum absolute atomic E-state index is 0.0138. The number of carboxylic acids is 1.